The average Bonchev–Trinajstić information content (AvgIpc) is 2.13. The lowest BCUT2D eigenvalue weighted by atomic mass is 9.90. The molecule has 1 saturated carbocycles. The van der Waals surface area contributed by atoms with Crippen LogP contribution in [-0.2, 0) is 14.8 Å². The average molecular weight is 237 g/mol. The molecule has 1 unspecified atom stereocenters. The first-order chi connectivity index (χ1) is 6.99. The largest absolute Gasteiger partial charge is 0.395 e. The smallest absolute Gasteiger partial charge is 0.216 e. The number of hydrogen-bond acceptors (Lipinski definition) is 4. The topological polar surface area (TPSA) is 75.6 Å². The summed E-state index contributed by atoms with van der Waals surface area (Å²) in [5.41, 5.74) is 0. The first-order valence-corrected chi connectivity index (χ1v) is 6.77. The third-order valence-corrected chi connectivity index (χ3v) is 4.49. The van der Waals surface area contributed by atoms with Gasteiger partial charge in [0.2, 0.25) is 10.0 Å². The summed E-state index contributed by atoms with van der Waals surface area (Å²) >= 11 is 0. The maximum Gasteiger partial charge on any atom is 0.216 e. The lowest BCUT2D eigenvalue weighted by Crippen LogP contribution is -2.50. The third kappa shape index (κ3) is 3.41. The first kappa shape index (κ1) is 12.9. The third-order valence-electron chi connectivity index (χ3n) is 2.61. The number of sulfonamides is 1. The second-order valence-electron chi connectivity index (χ2n) is 3.90. The zero-order valence-corrected chi connectivity index (χ0v) is 9.96. The summed E-state index contributed by atoms with van der Waals surface area (Å²) < 4.78 is 30.9. The van der Waals surface area contributed by atoms with Crippen LogP contribution in [0.15, 0.2) is 0 Å². The normalized spacial score (nSPS) is 28.5. The monoisotopic (exact) mass is 237 g/mol. The number of nitrogens with one attached hydrogen (secondary N) is 1. The van der Waals surface area contributed by atoms with Crippen molar-refractivity contribution in [1.82, 2.24) is 4.72 Å². The Morgan fingerprint density at radius 3 is 2.60 bits per heavy atom. The Balaban J connectivity index is 2.33. The Bertz CT molecular complexity index is 284. The Kier molecular flexibility index (Phi) is 4.51. The van der Waals surface area contributed by atoms with Crippen molar-refractivity contribution in [3.05, 3.63) is 0 Å². The van der Waals surface area contributed by atoms with Crippen LogP contribution in [-0.4, -0.2) is 44.1 Å². The molecule has 1 aliphatic carbocycles. The molecule has 1 fully saturated rings. The van der Waals surface area contributed by atoms with E-state index in [0.717, 1.165) is 12.8 Å². The Morgan fingerprint density at radius 1 is 1.53 bits per heavy atom. The van der Waals surface area contributed by atoms with Crippen molar-refractivity contribution in [2.45, 2.75) is 44.1 Å². The predicted molar refractivity (Wildman–Crippen MR) is 57.0 cm³/mol. The van der Waals surface area contributed by atoms with Crippen LogP contribution in [0.2, 0.25) is 0 Å². The van der Waals surface area contributed by atoms with Gasteiger partial charge in [-0.25, -0.2) is 13.1 Å². The summed E-state index contributed by atoms with van der Waals surface area (Å²) in [6, 6.07) is -0.0273. The molecule has 0 heterocycles. The molecule has 1 rings (SSSR count). The van der Waals surface area contributed by atoms with Crippen molar-refractivity contribution in [3.8, 4) is 0 Å². The SMILES string of the molecule is CCOC1CC(NS(=O)(=O)C(C)CO)C1. The molecule has 5 nitrogen and oxygen atoms in total. The molecule has 0 aromatic rings. The van der Waals surface area contributed by atoms with Gasteiger partial charge in [0.05, 0.1) is 18.0 Å². The van der Waals surface area contributed by atoms with Gasteiger partial charge >= 0.3 is 0 Å². The van der Waals surface area contributed by atoms with Crippen molar-refractivity contribution in [2.75, 3.05) is 13.2 Å². The van der Waals surface area contributed by atoms with Gasteiger partial charge in [-0.15, -0.1) is 0 Å². The summed E-state index contributed by atoms with van der Waals surface area (Å²) in [6.07, 6.45) is 1.64. The summed E-state index contributed by atoms with van der Waals surface area (Å²) in [5, 5.41) is 8.02. The number of aliphatic hydroxyl groups is 1. The van der Waals surface area contributed by atoms with Crippen molar-refractivity contribution in [1.29, 1.82) is 0 Å². The molecule has 0 bridgehead atoms. The lowest BCUT2D eigenvalue weighted by molar-refractivity contribution is -0.00482. The Morgan fingerprint density at radius 2 is 2.13 bits per heavy atom. The van der Waals surface area contributed by atoms with Gasteiger partial charge in [-0.2, -0.15) is 0 Å². The molecule has 0 spiro atoms. The molecule has 1 atom stereocenters. The van der Waals surface area contributed by atoms with E-state index in [-0.39, 0.29) is 18.8 Å². The summed E-state index contributed by atoms with van der Waals surface area (Å²) in [5.74, 6) is 0. The van der Waals surface area contributed by atoms with Gasteiger partial charge in [-0.05, 0) is 26.7 Å². The molecule has 15 heavy (non-hydrogen) atoms. The molecule has 1 aliphatic rings. The molecule has 0 aliphatic heterocycles. The Labute approximate surface area is 90.9 Å². The van der Waals surface area contributed by atoms with Crippen LogP contribution >= 0.6 is 0 Å². The first-order valence-electron chi connectivity index (χ1n) is 5.23. The second kappa shape index (κ2) is 5.25. The van der Waals surface area contributed by atoms with Crippen LogP contribution in [0.1, 0.15) is 26.7 Å². The van der Waals surface area contributed by atoms with Crippen LogP contribution in [0.25, 0.3) is 0 Å². The van der Waals surface area contributed by atoms with E-state index in [0.29, 0.717) is 6.61 Å². The zero-order valence-electron chi connectivity index (χ0n) is 9.14. The van der Waals surface area contributed by atoms with Gasteiger partial charge in [0.25, 0.3) is 0 Å². The highest BCUT2D eigenvalue weighted by molar-refractivity contribution is 7.90. The fourth-order valence-corrected chi connectivity index (χ4v) is 2.57. The summed E-state index contributed by atoms with van der Waals surface area (Å²) in [6.45, 7) is 3.72. The van der Waals surface area contributed by atoms with E-state index < -0.39 is 15.3 Å². The molecule has 0 radical (unpaired) electrons. The fraction of sp³-hybridized carbons (Fsp3) is 1.00. The minimum absolute atomic E-state index is 0.0273. The quantitative estimate of drug-likeness (QED) is 0.674. The van der Waals surface area contributed by atoms with Gasteiger partial charge in [0, 0.05) is 12.6 Å². The summed E-state index contributed by atoms with van der Waals surface area (Å²) in [4.78, 5) is 0. The van der Waals surface area contributed by atoms with E-state index in [4.69, 9.17) is 9.84 Å². The molecule has 0 amide bonds. The van der Waals surface area contributed by atoms with Gasteiger partial charge in [-0.1, -0.05) is 0 Å². The molecule has 0 aromatic heterocycles. The fourth-order valence-electron chi connectivity index (χ4n) is 1.48. The van der Waals surface area contributed by atoms with Crippen LogP contribution in [0.3, 0.4) is 0 Å². The van der Waals surface area contributed by atoms with E-state index in [1.54, 1.807) is 0 Å². The van der Waals surface area contributed by atoms with Crippen molar-refractivity contribution < 1.29 is 18.3 Å². The van der Waals surface area contributed by atoms with Crippen molar-refractivity contribution in [3.63, 3.8) is 0 Å². The standard InChI is InChI=1S/C9H19NO4S/c1-3-14-9-4-8(5-9)10-15(12,13)7(2)6-11/h7-11H,3-6H2,1-2H3. The highest BCUT2D eigenvalue weighted by atomic mass is 32.2. The number of ether oxygens (including phenoxy) is 1. The molecule has 90 valence electrons. The van der Waals surface area contributed by atoms with Crippen molar-refractivity contribution >= 4 is 10.0 Å². The zero-order chi connectivity index (χ0) is 11.5. The molecular formula is C9H19NO4S. The van der Waals surface area contributed by atoms with E-state index in [1.165, 1.54) is 6.92 Å². The lowest BCUT2D eigenvalue weighted by Gasteiger charge is -2.35. The summed E-state index contributed by atoms with van der Waals surface area (Å²) in [7, 11) is -3.36. The van der Waals surface area contributed by atoms with Crippen LogP contribution in [0, 0.1) is 0 Å². The van der Waals surface area contributed by atoms with E-state index >= 15 is 0 Å². The number of aliphatic hydroxyl groups excluding tert-OH is 1. The minimum Gasteiger partial charge on any atom is -0.395 e. The highest BCUT2D eigenvalue weighted by Crippen LogP contribution is 2.24. The van der Waals surface area contributed by atoms with Gasteiger partial charge < -0.3 is 9.84 Å². The molecular weight excluding hydrogens is 218 g/mol. The Hall–Kier alpha value is -0.170. The maximum absolute atomic E-state index is 11.5. The minimum atomic E-state index is -3.36. The van der Waals surface area contributed by atoms with Crippen molar-refractivity contribution in [2.24, 2.45) is 0 Å². The predicted octanol–water partition coefficient (Wildman–Crippen LogP) is -0.146. The highest BCUT2D eigenvalue weighted by Gasteiger charge is 2.34. The van der Waals surface area contributed by atoms with E-state index in [1.807, 2.05) is 6.92 Å². The van der Waals surface area contributed by atoms with Crippen LogP contribution in [0.4, 0.5) is 0 Å². The number of rotatable bonds is 6. The van der Waals surface area contributed by atoms with Crippen LogP contribution in [0.5, 0.6) is 0 Å². The van der Waals surface area contributed by atoms with E-state index in [9.17, 15) is 8.42 Å². The molecule has 0 aromatic carbocycles. The second-order valence-corrected chi connectivity index (χ2v) is 6.03. The van der Waals surface area contributed by atoms with Gasteiger partial charge in [0.1, 0.15) is 0 Å². The number of hydrogen-bond donors (Lipinski definition) is 2. The molecule has 0 saturated heterocycles. The molecule has 6 heteroatoms. The van der Waals surface area contributed by atoms with Gasteiger partial charge in [0.15, 0.2) is 0 Å². The van der Waals surface area contributed by atoms with Gasteiger partial charge in [-0.3, -0.25) is 0 Å². The van der Waals surface area contributed by atoms with Crippen LogP contribution < -0.4 is 4.72 Å². The molecule has 2 N–H and O–H groups in total. The maximum atomic E-state index is 11.5. The van der Waals surface area contributed by atoms with E-state index in [2.05, 4.69) is 4.72 Å².